The number of hydrogen-bond donors (Lipinski definition) is 1. The Morgan fingerprint density at radius 3 is 1.67 bits per heavy atom. The maximum Gasteiger partial charge on any atom is 3.00 e. The molecule has 1 aromatic carbocycles. The third-order valence-corrected chi connectivity index (χ3v) is 4.20. The first kappa shape index (κ1) is 41.6. The normalized spacial score (nSPS) is 14.2. The van der Waals surface area contributed by atoms with E-state index in [-0.39, 0.29) is 83.5 Å². The molecule has 0 saturated carbocycles. The van der Waals surface area contributed by atoms with Crippen molar-refractivity contribution in [2.45, 2.75) is 53.9 Å². The van der Waals surface area contributed by atoms with E-state index in [0.29, 0.717) is 10.9 Å². The van der Waals surface area contributed by atoms with Gasteiger partial charge in [-0.1, -0.05) is 59.1 Å². The van der Waals surface area contributed by atoms with Gasteiger partial charge in [-0.2, -0.15) is 11.1 Å². The molecule has 1 aliphatic rings. The summed E-state index contributed by atoms with van der Waals surface area (Å²) in [5, 5.41) is 9.86. The summed E-state index contributed by atoms with van der Waals surface area (Å²) in [5.41, 5.74) is 5.32. The van der Waals surface area contributed by atoms with Crippen LogP contribution in [0.25, 0.3) is 0 Å². The van der Waals surface area contributed by atoms with Gasteiger partial charge in [-0.25, -0.2) is 5.57 Å². The molecule has 0 amide bonds. The molecule has 0 aliphatic heterocycles. The smallest absolute Gasteiger partial charge is 0.508 e. The fourth-order valence-corrected chi connectivity index (χ4v) is 2.40. The molecule has 6 heteroatoms. The van der Waals surface area contributed by atoms with E-state index in [2.05, 4.69) is 54.5 Å². The van der Waals surface area contributed by atoms with E-state index in [1.54, 1.807) is 6.07 Å². The first-order valence-electron chi connectivity index (χ1n) is 7.30. The van der Waals surface area contributed by atoms with E-state index in [1.165, 1.54) is 22.8 Å². The molecule has 1 atom stereocenters. The van der Waals surface area contributed by atoms with Crippen molar-refractivity contribution >= 4 is 47.4 Å². The van der Waals surface area contributed by atoms with Crippen molar-refractivity contribution < 1.29 is 26.8 Å². The second kappa shape index (κ2) is 17.2. The Labute approximate surface area is 205 Å². The summed E-state index contributed by atoms with van der Waals surface area (Å²) < 4.78 is 0. The minimum absolute atomic E-state index is 0. The van der Waals surface area contributed by atoms with Crippen molar-refractivity contribution in [2.24, 2.45) is 5.92 Å². The Hall–Kier alpha value is 0.301. The molecule has 1 nitrogen and oxygen atoms in total. The van der Waals surface area contributed by atoms with Crippen LogP contribution in [-0.2, 0) is 27.1 Å². The van der Waals surface area contributed by atoms with E-state index in [9.17, 15) is 5.11 Å². The number of hydrogen-bond acceptors (Lipinski definition) is 1. The zero-order chi connectivity index (χ0) is 16.4. The van der Waals surface area contributed by atoms with E-state index in [0.717, 1.165) is 5.56 Å². The molecule has 1 N–H and O–H groups in total. The Balaban J connectivity index is -0.0000000682. The van der Waals surface area contributed by atoms with Gasteiger partial charge in [-0.3, -0.25) is 6.08 Å². The molecule has 27 heavy (non-hydrogen) atoms. The SMILES string of the molecule is CC(C)(C)c1cc(O)cc(Cl)c1.CC1=[C-]C(C)C(C)=C1C.Cl.Cl.[CH3-].[CH3-].[Si].[Ti+3]. The quantitative estimate of drug-likeness (QED) is 0.300. The topological polar surface area (TPSA) is 20.2 Å². The van der Waals surface area contributed by atoms with Gasteiger partial charge in [0.15, 0.2) is 0 Å². The molecule has 0 aromatic heterocycles. The molecule has 0 saturated heterocycles. The second-order valence-electron chi connectivity index (χ2n) is 6.75. The van der Waals surface area contributed by atoms with Crippen LogP contribution in [0.5, 0.6) is 5.75 Å². The van der Waals surface area contributed by atoms with Crippen LogP contribution < -0.4 is 0 Å². The summed E-state index contributed by atoms with van der Waals surface area (Å²) in [6.45, 7) is 14.9. The zero-order valence-corrected chi connectivity index (χ0v) is 22.9. The van der Waals surface area contributed by atoms with Crippen molar-refractivity contribution in [2.75, 3.05) is 0 Å². The number of phenolic OH excluding ortho intramolecular Hbond substituents is 1. The maximum absolute atomic E-state index is 9.27. The molecule has 0 fully saturated rings. The van der Waals surface area contributed by atoms with Gasteiger partial charge in [0.05, 0.1) is 0 Å². The van der Waals surface area contributed by atoms with Crippen LogP contribution in [0.3, 0.4) is 0 Å². The van der Waals surface area contributed by atoms with Gasteiger partial charge in [0, 0.05) is 16.0 Å². The standard InChI is InChI=1S/C10H13ClO.C9H13.2CH3.2ClH.Si.Ti/c1-10(2,3)7-4-8(11)6-9(12)5-7;1-6-5-7(2)9(4)8(6)3;;;;;;/h4-6,12H,1-3H3;6H,1-4H3;2*1H3;2*1H;;/q;3*-1;;;;+3. The third kappa shape index (κ3) is 13.2. The minimum Gasteiger partial charge on any atom is -0.508 e. The maximum atomic E-state index is 9.27. The summed E-state index contributed by atoms with van der Waals surface area (Å²) in [5.74, 6) is 0.789. The molecule has 1 aliphatic carbocycles. The molecule has 0 spiro atoms. The van der Waals surface area contributed by atoms with Crippen LogP contribution >= 0.6 is 36.4 Å². The first-order chi connectivity index (χ1) is 9.52. The van der Waals surface area contributed by atoms with Crippen LogP contribution in [0.1, 0.15) is 54.0 Å². The van der Waals surface area contributed by atoms with E-state index < -0.39 is 0 Å². The molecule has 1 aromatic rings. The van der Waals surface area contributed by atoms with Crippen molar-refractivity contribution in [3.8, 4) is 5.75 Å². The number of allylic oxidation sites excluding steroid dienone is 4. The summed E-state index contributed by atoms with van der Waals surface area (Å²) in [4.78, 5) is 0. The molecular formula is C21H34Cl3OSiTi. The van der Waals surface area contributed by atoms with Crippen LogP contribution in [0.2, 0.25) is 5.02 Å². The van der Waals surface area contributed by atoms with Crippen LogP contribution in [0, 0.1) is 26.8 Å². The molecular weight excluding hydrogens is 451 g/mol. The Morgan fingerprint density at radius 2 is 1.44 bits per heavy atom. The van der Waals surface area contributed by atoms with E-state index in [1.807, 2.05) is 6.07 Å². The van der Waals surface area contributed by atoms with Crippen LogP contribution in [0.4, 0.5) is 0 Å². The van der Waals surface area contributed by atoms with Gasteiger partial charge in [-0.15, -0.1) is 31.7 Å². The fraction of sp³-hybridized carbons (Fsp3) is 0.429. The summed E-state index contributed by atoms with van der Waals surface area (Å²) in [6.07, 6.45) is 3.36. The Bertz CT molecular complexity index is 573. The molecule has 0 bridgehead atoms. The Morgan fingerprint density at radius 1 is 1.00 bits per heavy atom. The predicted molar refractivity (Wildman–Crippen MR) is 125 cm³/mol. The van der Waals surface area contributed by atoms with Gasteiger partial charge in [-0.05, 0) is 29.2 Å². The van der Waals surface area contributed by atoms with Crippen LogP contribution in [-0.4, -0.2) is 16.1 Å². The fourth-order valence-electron chi connectivity index (χ4n) is 2.17. The summed E-state index contributed by atoms with van der Waals surface area (Å²) in [6, 6.07) is 5.16. The van der Waals surface area contributed by atoms with Crippen molar-refractivity contribution in [1.29, 1.82) is 0 Å². The summed E-state index contributed by atoms with van der Waals surface area (Å²) in [7, 11) is 0. The largest absolute Gasteiger partial charge is 3.00 e. The van der Waals surface area contributed by atoms with Crippen molar-refractivity contribution in [3.05, 3.63) is 66.4 Å². The predicted octanol–water partition coefficient (Wildman–Crippen LogP) is 7.43. The Kier molecular flexibility index (Phi) is 26.5. The molecule has 2 rings (SSSR count). The number of benzene rings is 1. The van der Waals surface area contributed by atoms with Gasteiger partial charge in [0.2, 0.25) is 0 Å². The monoisotopic (exact) mass is 483 g/mol. The average Bonchev–Trinajstić information content (AvgIpc) is 2.55. The third-order valence-electron chi connectivity index (χ3n) is 3.99. The van der Waals surface area contributed by atoms with Gasteiger partial charge in [0.1, 0.15) is 5.75 Å². The van der Waals surface area contributed by atoms with Crippen molar-refractivity contribution in [3.63, 3.8) is 0 Å². The number of halogens is 3. The average molecular weight is 485 g/mol. The molecule has 0 heterocycles. The number of aromatic hydroxyl groups is 1. The van der Waals surface area contributed by atoms with Gasteiger partial charge >= 0.3 is 21.7 Å². The number of rotatable bonds is 0. The second-order valence-corrected chi connectivity index (χ2v) is 7.18. The van der Waals surface area contributed by atoms with E-state index >= 15 is 0 Å². The summed E-state index contributed by atoms with van der Waals surface area (Å²) >= 11 is 5.80. The van der Waals surface area contributed by atoms with Crippen LogP contribution in [0.15, 0.2) is 34.9 Å². The van der Waals surface area contributed by atoms with Gasteiger partial charge < -0.3 is 20.0 Å². The zero-order valence-electron chi connectivity index (χ0n) is 18.0. The molecule has 5 radical (unpaired) electrons. The first-order valence-corrected chi connectivity index (χ1v) is 7.68. The molecule has 1 unspecified atom stereocenters. The minimum atomic E-state index is 0. The van der Waals surface area contributed by atoms with E-state index in [4.69, 9.17) is 11.6 Å². The van der Waals surface area contributed by atoms with Gasteiger partial charge in [0.25, 0.3) is 0 Å². The van der Waals surface area contributed by atoms with Crippen molar-refractivity contribution in [1.82, 2.24) is 0 Å². The number of phenols is 1. The molecule has 153 valence electrons.